The Balaban J connectivity index is 1.68. The monoisotopic (exact) mass is 363 g/mol. The molecule has 1 heterocycles. The lowest BCUT2D eigenvalue weighted by Gasteiger charge is -2.19. The van der Waals surface area contributed by atoms with Crippen LogP contribution in [-0.4, -0.2) is 18.2 Å². The second-order valence-corrected chi connectivity index (χ2v) is 7.53. The van der Waals surface area contributed by atoms with E-state index in [-0.39, 0.29) is 0 Å². The van der Waals surface area contributed by atoms with E-state index in [1.54, 1.807) is 0 Å². The topological polar surface area (TPSA) is 34.2 Å². The van der Waals surface area contributed by atoms with Crippen molar-refractivity contribution in [2.75, 3.05) is 13.2 Å². The van der Waals surface area contributed by atoms with Crippen LogP contribution in [-0.2, 0) is 12.8 Å². The van der Waals surface area contributed by atoms with Crippen molar-refractivity contribution >= 4 is 10.8 Å². The molecule has 27 heavy (non-hydrogen) atoms. The van der Waals surface area contributed by atoms with Crippen LogP contribution in [0.15, 0.2) is 36.7 Å². The van der Waals surface area contributed by atoms with Gasteiger partial charge in [0.1, 0.15) is 0 Å². The molecule has 0 saturated heterocycles. The first-order valence-electron chi connectivity index (χ1n) is 10.3. The van der Waals surface area contributed by atoms with Gasteiger partial charge >= 0.3 is 0 Å². The molecular formula is C24H29NO2. The zero-order chi connectivity index (χ0) is 18.6. The van der Waals surface area contributed by atoms with E-state index in [1.165, 1.54) is 33.0 Å². The number of benzene rings is 2. The van der Waals surface area contributed by atoms with Gasteiger partial charge in [-0.15, -0.1) is 0 Å². The minimum absolute atomic E-state index is 0.740. The molecule has 1 aliphatic rings. The number of unbranched alkanes of at least 4 members (excludes halogenated alkanes) is 2. The molecule has 4 rings (SSSR count). The van der Waals surface area contributed by atoms with E-state index in [1.807, 2.05) is 0 Å². The lowest BCUT2D eigenvalue weighted by molar-refractivity contribution is 0.262. The summed E-state index contributed by atoms with van der Waals surface area (Å²) in [7, 11) is 0. The molecule has 1 N–H and O–H groups in total. The molecule has 142 valence electrons. The van der Waals surface area contributed by atoms with Crippen molar-refractivity contribution in [3.63, 3.8) is 0 Å². The predicted molar refractivity (Wildman–Crippen MR) is 111 cm³/mol. The smallest absolute Gasteiger partial charge is 0.161 e. The Morgan fingerprint density at radius 1 is 0.704 bits per heavy atom. The number of aromatic amines is 1. The number of aromatic nitrogens is 1. The summed E-state index contributed by atoms with van der Waals surface area (Å²) in [6.07, 6.45) is 10.7. The molecule has 0 bridgehead atoms. The van der Waals surface area contributed by atoms with Gasteiger partial charge in [0, 0.05) is 12.4 Å². The fourth-order valence-electron chi connectivity index (χ4n) is 3.78. The van der Waals surface area contributed by atoms with Crippen LogP contribution in [0.2, 0.25) is 0 Å². The quantitative estimate of drug-likeness (QED) is 0.388. The van der Waals surface area contributed by atoms with Crippen molar-refractivity contribution in [1.29, 1.82) is 0 Å². The van der Waals surface area contributed by atoms with Gasteiger partial charge in [0.15, 0.2) is 11.5 Å². The highest BCUT2D eigenvalue weighted by Gasteiger charge is 2.18. The Labute approximate surface area is 161 Å². The predicted octanol–water partition coefficient (Wildman–Crippen LogP) is 6.02. The van der Waals surface area contributed by atoms with Crippen LogP contribution in [0.25, 0.3) is 10.8 Å². The van der Waals surface area contributed by atoms with Crippen molar-refractivity contribution in [2.24, 2.45) is 0 Å². The largest absolute Gasteiger partial charge is 0.490 e. The van der Waals surface area contributed by atoms with Crippen LogP contribution in [0.5, 0.6) is 11.5 Å². The van der Waals surface area contributed by atoms with E-state index in [2.05, 4.69) is 55.5 Å². The number of rotatable bonds is 8. The maximum Gasteiger partial charge on any atom is 0.161 e. The minimum Gasteiger partial charge on any atom is -0.490 e. The van der Waals surface area contributed by atoms with Gasteiger partial charge in [-0.2, -0.15) is 0 Å². The molecule has 0 aliphatic heterocycles. The lowest BCUT2D eigenvalue weighted by atomic mass is 9.87. The Morgan fingerprint density at radius 2 is 1.19 bits per heavy atom. The molecule has 2 aromatic carbocycles. The first-order chi connectivity index (χ1) is 13.3. The molecule has 0 atom stereocenters. The van der Waals surface area contributed by atoms with E-state index in [0.717, 1.165) is 63.2 Å². The summed E-state index contributed by atoms with van der Waals surface area (Å²) < 4.78 is 12.1. The molecule has 3 nitrogen and oxygen atoms in total. The van der Waals surface area contributed by atoms with Crippen LogP contribution in [0, 0.1) is 0 Å². The number of hydrogen-bond acceptors (Lipinski definition) is 2. The number of fused-ring (bicyclic) bond motifs is 3. The maximum absolute atomic E-state index is 6.07. The first-order valence-corrected chi connectivity index (χ1v) is 10.3. The van der Waals surface area contributed by atoms with Crippen LogP contribution >= 0.6 is 0 Å². The Morgan fingerprint density at radius 3 is 1.63 bits per heavy atom. The molecule has 0 saturated carbocycles. The summed E-state index contributed by atoms with van der Waals surface area (Å²) in [5.41, 5.74) is 5.68. The zero-order valence-corrected chi connectivity index (χ0v) is 16.4. The van der Waals surface area contributed by atoms with Gasteiger partial charge in [-0.05, 0) is 70.8 Å². The number of nitrogens with one attached hydrogen (secondary N) is 1. The SMILES string of the molecule is CCCCOc1cc2cc3c(cc2cc1OCCCC)Cc1c[nH]cc1C3. The van der Waals surface area contributed by atoms with Crippen LogP contribution < -0.4 is 9.47 Å². The second-order valence-electron chi connectivity index (χ2n) is 7.53. The first kappa shape index (κ1) is 18.0. The van der Waals surface area contributed by atoms with Gasteiger partial charge in [-0.1, -0.05) is 38.8 Å². The highest BCUT2D eigenvalue weighted by Crippen LogP contribution is 2.36. The normalized spacial score (nSPS) is 12.7. The molecule has 0 spiro atoms. The number of hydrogen-bond donors (Lipinski definition) is 1. The van der Waals surface area contributed by atoms with Gasteiger partial charge in [-0.25, -0.2) is 0 Å². The van der Waals surface area contributed by atoms with Crippen LogP contribution in [0.4, 0.5) is 0 Å². The Kier molecular flexibility index (Phi) is 5.38. The third-order valence-corrected chi connectivity index (χ3v) is 5.42. The zero-order valence-electron chi connectivity index (χ0n) is 16.4. The minimum atomic E-state index is 0.740. The summed E-state index contributed by atoms with van der Waals surface area (Å²) in [6.45, 7) is 5.85. The van der Waals surface area contributed by atoms with E-state index < -0.39 is 0 Å². The van der Waals surface area contributed by atoms with Gasteiger partial charge in [0.25, 0.3) is 0 Å². The van der Waals surface area contributed by atoms with Gasteiger partial charge in [-0.3, -0.25) is 0 Å². The molecule has 1 aromatic heterocycles. The molecule has 0 radical (unpaired) electrons. The average Bonchev–Trinajstić information content (AvgIpc) is 3.12. The van der Waals surface area contributed by atoms with E-state index in [9.17, 15) is 0 Å². The second kappa shape index (κ2) is 8.08. The van der Waals surface area contributed by atoms with Gasteiger partial charge in [0.05, 0.1) is 13.2 Å². The average molecular weight is 364 g/mol. The fraction of sp³-hybridized carbons (Fsp3) is 0.417. The van der Waals surface area contributed by atoms with Crippen molar-refractivity contribution in [3.05, 3.63) is 58.9 Å². The molecule has 3 aromatic rings. The van der Waals surface area contributed by atoms with Crippen LogP contribution in [0.3, 0.4) is 0 Å². The molecule has 3 heteroatoms. The third kappa shape index (κ3) is 3.83. The number of H-pyrrole nitrogens is 1. The molecule has 1 aliphatic carbocycles. The van der Waals surface area contributed by atoms with Crippen molar-refractivity contribution in [1.82, 2.24) is 4.98 Å². The highest BCUT2D eigenvalue weighted by atomic mass is 16.5. The third-order valence-electron chi connectivity index (χ3n) is 5.42. The number of ether oxygens (including phenoxy) is 2. The van der Waals surface area contributed by atoms with E-state index in [4.69, 9.17) is 9.47 Å². The summed E-state index contributed by atoms with van der Waals surface area (Å²) in [5.74, 6) is 1.76. The molecule has 0 amide bonds. The van der Waals surface area contributed by atoms with Crippen molar-refractivity contribution in [2.45, 2.75) is 52.4 Å². The Hall–Kier alpha value is -2.42. The summed E-state index contributed by atoms with van der Waals surface area (Å²) in [6, 6.07) is 9.00. The summed E-state index contributed by atoms with van der Waals surface area (Å²) in [5, 5.41) is 2.48. The van der Waals surface area contributed by atoms with Gasteiger partial charge in [0.2, 0.25) is 0 Å². The molecule has 0 unspecified atom stereocenters. The standard InChI is InChI=1S/C24H29NO2/c1-3-5-7-26-23-13-19-9-17-11-21-15-25-16-22(21)12-18(17)10-20(19)14-24(23)27-8-6-4-2/h9-10,13-16,25H,3-8,11-12H2,1-2H3. The fourth-order valence-corrected chi connectivity index (χ4v) is 3.78. The lowest BCUT2D eigenvalue weighted by Crippen LogP contribution is -2.06. The van der Waals surface area contributed by atoms with Crippen molar-refractivity contribution < 1.29 is 9.47 Å². The summed E-state index contributed by atoms with van der Waals surface area (Å²) >= 11 is 0. The highest BCUT2D eigenvalue weighted by molar-refractivity contribution is 5.88. The van der Waals surface area contributed by atoms with Gasteiger partial charge < -0.3 is 14.5 Å². The van der Waals surface area contributed by atoms with E-state index >= 15 is 0 Å². The molecular weight excluding hydrogens is 334 g/mol. The Bertz CT molecular complexity index is 853. The van der Waals surface area contributed by atoms with Crippen molar-refractivity contribution in [3.8, 4) is 11.5 Å². The molecule has 0 fully saturated rings. The summed E-state index contributed by atoms with van der Waals surface area (Å²) in [4.78, 5) is 3.25. The van der Waals surface area contributed by atoms with Crippen LogP contribution in [0.1, 0.15) is 61.8 Å². The maximum atomic E-state index is 6.07. The van der Waals surface area contributed by atoms with E-state index in [0.29, 0.717) is 0 Å².